The average Bonchev–Trinajstić information content (AvgIpc) is 3.31. The van der Waals surface area contributed by atoms with Crippen LogP contribution in [0, 0.1) is 0 Å². The number of carbonyl (C=O) groups excluding carboxylic acids is 1. The number of halogens is 2. The number of rotatable bonds is 9. The van der Waals surface area contributed by atoms with E-state index in [1.165, 1.54) is 11.3 Å². The quantitative estimate of drug-likeness (QED) is 0.389. The van der Waals surface area contributed by atoms with Gasteiger partial charge in [-0.1, -0.05) is 25.2 Å². The van der Waals surface area contributed by atoms with E-state index in [4.69, 9.17) is 14.1 Å². The summed E-state index contributed by atoms with van der Waals surface area (Å²) in [5.41, 5.74) is 0.852. The summed E-state index contributed by atoms with van der Waals surface area (Å²) >= 11 is 4.75. The van der Waals surface area contributed by atoms with Crippen LogP contribution in [0.2, 0.25) is 0 Å². The van der Waals surface area contributed by atoms with Gasteiger partial charge >= 0.3 is 0 Å². The lowest BCUT2D eigenvalue weighted by Crippen LogP contribution is -2.38. The molecular weight excluding hydrogens is 478 g/mol. The SMILES string of the molecule is CCOc1ccc2nc(N(CCN(CC)CC)C(=O)c3ccc(Br)o3)sc2c1.Cl. The molecule has 1 aromatic carbocycles. The largest absolute Gasteiger partial charge is 0.494 e. The Hall–Kier alpha value is -1.61. The highest BCUT2D eigenvalue weighted by molar-refractivity contribution is 9.10. The fourth-order valence-electron chi connectivity index (χ4n) is 2.89. The number of carbonyl (C=O) groups is 1. The van der Waals surface area contributed by atoms with E-state index < -0.39 is 0 Å². The van der Waals surface area contributed by atoms with Crippen molar-refractivity contribution in [1.29, 1.82) is 0 Å². The number of thiazole rings is 1. The fraction of sp³-hybridized carbons (Fsp3) is 0.400. The van der Waals surface area contributed by atoms with Gasteiger partial charge in [0.2, 0.25) is 0 Å². The molecule has 0 aliphatic rings. The molecule has 3 rings (SSSR count). The van der Waals surface area contributed by atoms with Gasteiger partial charge in [0.25, 0.3) is 5.91 Å². The van der Waals surface area contributed by atoms with Crippen LogP contribution in [0.5, 0.6) is 5.75 Å². The molecule has 3 aromatic rings. The van der Waals surface area contributed by atoms with E-state index in [0.29, 0.717) is 28.7 Å². The van der Waals surface area contributed by atoms with Crippen LogP contribution in [-0.4, -0.2) is 48.6 Å². The Balaban J connectivity index is 0.00000300. The van der Waals surface area contributed by atoms with Crippen LogP contribution in [0.3, 0.4) is 0 Å². The predicted molar refractivity (Wildman–Crippen MR) is 124 cm³/mol. The zero-order chi connectivity index (χ0) is 20.1. The van der Waals surface area contributed by atoms with Crippen molar-refractivity contribution < 1.29 is 13.9 Å². The van der Waals surface area contributed by atoms with Crippen molar-refractivity contribution in [3.63, 3.8) is 0 Å². The first kappa shape index (κ1) is 23.7. The molecule has 6 nitrogen and oxygen atoms in total. The molecule has 0 fully saturated rings. The van der Waals surface area contributed by atoms with Crippen molar-refractivity contribution in [2.75, 3.05) is 37.7 Å². The Morgan fingerprint density at radius 1 is 1.17 bits per heavy atom. The van der Waals surface area contributed by atoms with E-state index in [0.717, 1.165) is 35.6 Å². The van der Waals surface area contributed by atoms with Gasteiger partial charge in [-0.05, 0) is 66.3 Å². The summed E-state index contributed by atoms with van der Waals surface area (Å²) in [6.07, 6.45) is 0. The summed E-state index contributed by atoms with van der Waals surface area (Å²) < 4.78 is 12.6. The lowest BCUT2D eigenvalue weighted by Gasteiger charge is -2.24. The summed E-state index contributed by atoms with van der Waals surface area (Å²) in [6.45, 7) is 9.97. The van der Waals surface area contributed by atoms with Crippen molar-refractivity contribution >= 4 is 60.9 Å². The number of ether oxygens (including phenoxy) is 1. The number of aromatic nitrogens is 1. The summed E-state index contributed by atoms with van der Waals surface area (Å²) in [5.74, 6) is 0.906. The highest BCUT2D eigenvalue weighted by Gasteiger charge is 2.24. The second kappa shape index (κ2) is 11.0. The smallest absolute Gasteiger partial charge is 0.295 e. The second-order valence-corrected chi connectivity index (χ2v) is 7.94. The average molecular weight is 503 g/mol. The maximum Gasteiger partial charge on any atom is 0.295 e. The molecule has 0 unspecified atom stereocenters. The van der Waals surface area contributed by atoms with Crippen molar-refractivity contribution in [2.45, 2.75) is 20.8 Å². The number of anilines is 1. The Kier molecular flexibility index (Phi) is 8.95. The molecule has 2 heterocycles. The third-order valence-electron chi connectivity index (χ3n) is 4.45. The van der Waals surface area contributed by atoms with Crippen LogP contribution >= 0.6 is 39.7 Å². The first-order chi connectivity index (χ1) is 13.5. The maximum absolute atomic E-state index is 13.1. The number of hydrogen-bond donors (Lipinski definition) is 0. The predicted octanol–water partition coefficient (Wildman–Crippen LogP) is 5.46. The van der Waals surface area contributed by atoms with Crippen LogP contribution in [-0.2, 0) is 0 Å². The highest BCUT2D eigenvalue weighted by atomic mass is 79.9. The molecule has 158 valence electrons. The number of nitrogens with zero attached hydrogens (tertiary/aromatic N) is 3. The van der Waals surface area contributed by atoms with Crippen LogP contribution in [0.4, 0.5) is 5.13 Å². The number of likely N-dealkylation sites (N-methyl/N-ethyl adjacent to an activating group) is 1. The van der Waals surface area contributed by atoms with Crippen molar-refractivity contribution in [2.24, 2.45) is 0 Å². The molecule has 0 saturated carbocycles. The zero-order valence-corrected chi connectivity index (χ0v) is 19.9. The number of furan rings is 1. The molecule has 0 aliphatic heterocycles. The first-order valence-electron chi connectivity index (χ1n) is 9.38. The summed E-state index contributed by atoms with van der Waals surface area (Å²) in [6, 6.07) is 9.20. The van der Waals surface area contributed by atoms with Gasteiger partial charge in [0, 0.05) is 13.1 Å². The number of amides is 1. The third-order valence-corrected chi connectivity index (χ3v) is 5.92. The lowest BCUT2D eigenvalue weighted by atomic mass is 10.3. The van der Waals surface area contributed by atoms with Gasteiger partial charge in [-0.3, -0.25) is 9.69 Å². The summed E-state index contributed by atoms with van der Waals surface area (Å²) in [4.78, 5) is 21.8. The molecule has 0 saturated heterocycles. The van der Waals surface area contributed by atoms with Gasteiger partial charge in [-0.2, -0.15) is 0 Å². The standard InChI is InChI=1S/C20H24BrN3O3S.ClH/c1-4-23(5-2)11-12-24(19(25)16-9-10-18(21)27-16)20-22-15-8-7-14(26-6-3)13-17(15)28-20;/h7-10,13H,4-6,11-12H2,1-3H3;1H. The minimum atomic E-state index is -0.193. The topological polar surface area (TPSA) is 58.8 Å². The zero-order valence-electron chi connectivity index (χ0n) is 16.7. The van der Waals surface area contributed by atoms with E-state index in [1.54, 1.807) is 17.0 Å². The summed E-state index contributed by atoms with van der Waals surface area (Å²) in [7, 11) is 0. The number of hydrogen-bond acceptors (Lipinski definition) is 6. The van der Waals surface area contributed by atoms with Gasteiger partial charge in [0.15, 0.2) is 15.6 Å². The maximum atomic E-state index is 13.1. The van der Waals surface area contributed by atoms with E-state index >= 15 is 0 Å². The second-order valence-electron chi connectivity index (χ2n) is 6.15. The van der Waals surface area contributed by atoms with Gasteiger partial charge in [-0.25, -0.2) is 4.98 Å². The molecular formula is C20H25BrClN3O3S. The number of benzene rings is 1. The molecule has 9 heteroatoms. The van der Waals surface area contributed by atoms with Gasteiger partial charge < -0.3 is 14.1 Å². The van der Waals surface area contributed by atoms with Gasteiger partial charge in [0.05, 0.1) is 16.8 Å². The van der Waals surface area contributed by atoms with E-state index in [-0.39, 0.29) is 18.3 Å². The van der Waals surface area contributed by atoms with Crippen molar-refractivity contribution in [3.05, 3.63) is 40.8 Å². The van der Waals surface area contributed by atoms with E-state index in [1.807, 2.05) is 25.1 Å². The normalized spacial score (nSPS) is 10.9. The van der Waals surface area contributed by atoms with E-state index in [2.05, 4.69) is 34.7 Å². The Morgan fingerprint density at radius 2 is 1.93 bits per heavy atom. The molecule has 0 spiro atoms. The monoisotopic (exact) mass is 501 g/mol. The molecule has 0 radical (unpaired) electrons. The number of fused-ring (bicyclic) bond motifs is 1. The van der Waals surface area contributed by atoms with Crippen LogP contribution in [0.15, 0.2) is 39.4 Å². The summed E-state index contributed by atoms with van der Waals surface area (Å²) in [5, 5.41) is 0.660. The molecule has 29 heavy (non-hydrogen) atoms. The first-order valence-corrected chi connectivity index (χ1v) is 11.0. The molecule has 0 bridgehead atoms. The van der Waals surface area contributed by atoms with Gasteiger partial charge in [0.1, 0.15) is 5.75 Å². The van der Waals surface area contributed by atoms with Crippen LogP contribution in [0.1, 0.15) is 31.3 Å². The molecule has 1 amide bonds. The Morgan fingerprint density at radius 3 is 2.55 bits per heavy atom. The van der Waals surface area contributed by atoms with Gasteiger partial charge in [-0.15, -0.1) is 12.4 Å². The van der Waals surface area contributed by atoms with Crippen molar-refractivity contribution in [1.82, 2.24) is 9.88 Å². The Labute approximate surface area is 189 Å². The molecule has 0 aliphatic carbocycles. The molecule has 0 N–H and O–H groups in total. The van der Waals surface area contributed by atoms with Crippen LogP contribution < -0.4 is 9.64 Å². The highest BCUT2D eigenvalue weighted by Crippen LogP contribution is 2.32. The Bertz CT molecular complexity index is 942. The van der Waals surface area contributed by atoms with Crippen molar-refractivity contribution in [3.8, 4) is 5.75 Å². The minimum Gasteiger partial charge on any atom is -0.494 e. The van der Waals surface area contributed by atoms with E-state index in [9.17, 15) is 4.79 Å². The fourth-order valence-corrected chi connectivity index (χ4v) is 4.22. The third kappa shape index (κ3) is 5.72. The van der Waals surface area contributed by atoms with Crippen LogP contribution in [0.25, 0.3) is 10.2 Å². The lowest BCUT2D eigenvalue weighted by molar-refractivity contribution is 0.0956. The molecule has 2 aromatic heterocycles. The molecule has 0 atom stereocenters. The minimum absolute atomic E-state index is 0.